The van der Waals surface area contributed by atoms with Gasteiger partial charge in [0, 0.05) is 24.5 Å². The Labute approximate surface area is 162 Å². The van der Waals surface area contributed by atoms with Gasteiger partial charge in [-0.1, -0.05) is 12.1 Å². The Morgan fingerprint density at radius 2 is 1.86 bits per heavy atom. The fourth-order valence-electron chi connectivity index (χ4n) is 3.27. The van der Waals surface area contributed by atoms with E-state index in [1.165, 1.54) is 0 Å². The number of nitrogens with zero attached hydrogens (tertiary/aromatic N) is 3. The third-order valence-electron chi connectivity index (χ3n) is 4.75. The Hall–Kier alpha value is -3.61. The van der Waals surface area contributed by atoms with Crippen molar-refractivity contribution < 1.29 is 14.3 Å². The molecule has 1 N–H and O–H groups in total. The minimum Gasteiger partial charge on any atom is -0.477 e. The highest BCUT2D eigenvalue weighted by Gasteiger charge is 2.33. The van der Waals surface area contributed by atoms with Gasteiger partial charge >= 0.3 is 0 Å². The van der Waals surface area contributed by atoms with E-state index in [1.54, 1.807) is 41.0 Å². The number of para-hydroxylation sites is 2. The van der Waals surface area contributed by atoms with Gasteiger partial charge in [-0.3, -0.25) is 9.59 Å². The van der Waals surface area contributed by atoms with Gasteiger partial charge < -0.3 is 15.0 Å². The molecule has 1 aliphatic heterocycles. The molecule has 1 aliphatic rings. The third kappa shape index (κ3) is 3.11. The second kappa shape index (κ2) is 7.19. The average molecular weight is 376 g/mol. The van der Waals surface area contributed by atoms with Crippen LogP contribution in [0, 0.1) is 6.92 Å². The van der Waals surface area contributed by atoms with Gasteiger partial charge in [-0.15, -0.1) is 0 Å². The molecule has 1 aromatic heterocycles. The van der Waals surface area contributed by atoms with Crippen LogP contribution in [0.15, 0.2) is 60.8 Å². The number of amides is 2. The Kier molecular flexibility index (Phi) is 4.57. The summed E-state index contributed by atoms with van der Waals surface area (Å²) in [6.45, 7) is 2.12. The first-order chi connectivity index (χ1) is 13.6. The number of likely N-dealkylation sites (N-methyl/N-ethyl adjacent to an activating group) is 1. The van der Waals surface area contributed by atoms with Crippen molar-refractivity contribution in [2.45, 2.75) is 13.0 Å². The zero-order valence-corrected chi connectivity index (χ0v) is 15.6. The van der Waals surface area contributed by atoms with Crippen molar-refractivity contribution in [1.29, 1.82) is 0 Å². The van der Waals surface area contributed by atoms with Crippen molar-refractivity contribution in [3.8, 4) is 11.4 Å². The van der Waals surface area contributed by atoms with Crippen LogP contribution >= 0.6 is 0 Å². The normalized spacial score (nSPS) is 15.5. The SMILES string of the molecule is CNC(=O)[C@@H]1CN(C(=O)c2ccc(-n3nccc3C)cc2)c2ccccc2O1. The number of aromatic nitrogens is 2. The van der Waals surface area contributed by atoms with Crippen LogP contribution in [0.5, 0.6) is 5.75 Å². The number of carbonyl (C=O) groups excluding carboxylic acids is 2. The Morgan fingerprint density at radius 1 is 1.11 bits per heavy atom. The molecule has 142 valence electrons. The zero-order chi connectivity index (χ0) is 19.7. The lowest BCUT2D eigenvalue weighted by Gasteiger charge is -2.34. The number of benzene rings is 2. The van der Waals surface area contributed by atoms with E-state index < -0.39 is 6.10 Å². The van der Waals surface area contributed by atoms with E-state index in [2.05, 4.69) is 10.4 Å². The molecular formula is C21H20N4O3. The molecule has 2 amide bonds. The first-order valence-electron chi connectivity index (χ1n) is 8.98. The molecule has 0 radical (unpaired) electrons. The smallest absolute Gasteiger partial charge is 0.262 e. The standard InChI is InChI=1S/C21H20N4O3/c1-14-11-12-23-25(14)16-9-7-15(8-10-16)21(27)24-13-19(20(26)22-2)28-18-6-4-3-5-17(18)24/h3-12,19H,13H2,1-2H3,(H,22,26)/t19-/m0/s1. The third-order valence-corrected chi connectivity index (χ3v) is 4.75. The maximum absolute atomic E-state index is 13.2. The second-order valence-corrected chi connectivity index (χ2v) is 6.54. The summed E-state index contributed by atoms with van der Waals surface area (Å²) >= 11 is 0. The summed E-state index contributed by atoms with van der Waals surface area (Å²) in [6.07, 6.45) is 0.979. The van der Waals surface area contributed by atoms with Gasteiger partial charge in [0.05, 0.1) is 17.9 Å². The van der Waals surface area contributed by atoms with Crippen LogP contribution in [0.4, 0.5) is 5.69 Å². The summed E-state index contributed by atoms with van der Waals surface area (Å²) in [6, 6.07) is 16.4. The van der Waals surface area contributed by atoms with Crippen LogP contribution < -0.4 is 15.0 Å². The van der Waals surface area contributed by atoms with Crippen LogP contribution in [0.1, 0.15) is 16.1 Å². The average Bonchev–Trinajstić information content (AvgIpc) is 3.17. The molecule has 7 heteroatoms. The van der Waals surface area contributed by atoms with Gasteiger partial charge in [-0.05, 0) is 49.4 Å². The molecule has 2 heterocycles. The predicted octanol–water partition coefficient (Wildman–Crippen LogP) is 2.33. The Bertz CT molecular complexity index is 1030. The van der Waals surface area contributed by atoms with Crippen molar-refractivity contribution in [2.24, 2.45) is 0 Å². The summed E-state index contributed by atoms with van der Waals surface area (Å²) in [5.41, 5.74) is 3.07. The van der Waals surface area contributed by atoms with Gasteiger partial charge in [-0.2, -0.15) is 5.10 Å². The van der Waals surface area contributed by atoms with Crippen molar-refractivity contribution >= 4 is 17.5 Å². The van der Waals surface area contributed by atoms with Crippen molar-refractivity contribution in [3.05, 3.63) is 72.1 Å². The van der Waals surface area contributed by atoms with Crippen LogP contribution in [0.3, 0.4) is 0 Å². The molecule has 0 saturated heterocycles. The van der Waals surface area contributed by atoms with Gasteiger partial charge in [0.2, 0.25) is 0 Å². The number of hydrogen-bond donors (Lipinski definition) is 1. The number of fused-ring (bicyclic) bond motifs is 1. The first-order valence-corrected chi connectivity index (χ1v) is 8.98. The maximum Gasteiger partial charge on any atom is 0.262 e. The molecule has 7 nitrogen and oxygen atoms in total. The number of anilines is 1. The lowest BCUT2D eigenvalue weighted by Crippen LogP contribution is -2.50. The van der Waals surface area contributed by atoms with E-state index in [-0.39, 0.29) is 18.4 Å². The topological polar surface area (TPSA) is 76.5 Å². The van der Waals surface area contributed by atoms with Crippen LogP contribution in [0.25, 0.3) is 5.69 Å². The molecular weight excluding hydrogens is 356 g/mol. The van der Waals surface area contributed by atoms with Gasteiger partial charge in [-0.25, -0.2) is 4.68 Å². The van der Waals surface area contributed by atoms with E-state index in [1.807, 2.05) is 43.3 Å². The molecule has 0 aliphatic carbocycles. The fraction of sp³-hybridized carbons (Fsp3) is 0.190. The number of rotatable bonds is 3. The Morgan fingerprint density at radius 3 is 2.54 bits per heavy atom. The predicted molar refractivity (Wildman–Crippen MR) is 105 cm³/mol. The maximum atomic E-state index is 13.2. The molecule has 0 bridgehead atoms. The largest absolute Gasteiger partial charge is 0.477 e. The minimum absolute atomic E-state index is 0.148. The highest BCUT2D eigenvalue weighted by Crippen LogP contribution is 2.34. The molecule has 0 fully saturated rings. The highest BCUT2D eigenvalue weighted by atomic mass is 16.5. The summed E-state index contributed by atoms with van der Waals surface area (Å²) in [5.74, 6) is 0.0599. The summed E-state index contributed by atoms with van der Waals surface area (Å²) in [7, 11) is 1.55. The van der Waals surface area contributed by atoms with E-state index in [4.69, 9.17) is 4.74 Å². The first kappa shape index (κ1) is 17.8. The van der Waals surface area contributed by atoms with Crippen molar-refractivity contribution in [1.82, 2.24) is 15.1 Å². The molecule has 0 saturated carbocycles. The second-order valence-electron chi connectivity index (χ2n) is 6.54. The van der Waals surface area contributed by atoms with Crippen LogP contribution in [0.2, 0.25) is 0 Å². The van der Waals surface area contributed by atoms with Crippen LogP contribution in [-0.4, -0.2) is 41.3 Å². The molecule has 3 aromatic rings. The number of hydrogen-bond acceptors (Lipinski definition) is 4. The monoisotopic (exact) mass is 376 g/mol. The lowest BCUT2D eigenvalue weighted by molar-refractivity contribution is -0.127. The van der Waals surface area contributed by atoms with Gasteiger partial charge in [0.25, 0.3) is 11.8 Å². The lowest BCUT2D eigenvalue weighted by atomic mass is 10.1. The molecule has 1 atom stereocenters. The van der Waals surface area contributed by atoms with E-state index in [0.717, 1.165) is 11.4 Å². The zero-order valence-electron chi connectivity index (χ0n) is 15.6. The number of carbonyl (C=O) groups is 2. The number of nitrogens with one attached hydrogen (secondary N) is 1. The van der Waals surface area contributed by atoms with Crippen LogP contribution in [-0.2, 0) is 4.79 Å². The van der Waals surface area contributed by atoms with E-state index >= 15 is 0 Å². The summed E-state index contributed by atoms with van der Waals surface area (Å²) in [4.78, 5) is 26.9. The number of ether oxygens (including phenoxy) is 1. The quantitative estimate of drug-likeness (QED) is 0.761. The van der Waals surface area contributed by atoms with E-state index in [9.17, 15) is 9.59 Å². The summed E-state index contributed by atoms with van der Waals surface area (Å²) < 4.78 is 7.57. The molecule has 4 rings (SSSR count). The van der Waals surface area contributed by atoms with E-state index in [0.29, 0.717) is 17.0 Å². The Balaban J connectivity index is 1.65. The molecule has 0 spiro atoms. The summed E-state index contributed by atoms with van der Waals surface area (Å²) in [5, 5.41) is 6.86. The molecule has 2 aromatic carbocycles. The minimum atomic E-state index is -0.755. The fourth-order valence-corrected chi connectivity index (χ4v) is 3.27. The molecule has 0 unspecified atom stereocenters. The number of aryl methyl sites for hydroxylation is 1. The van der Waals surface area contributed by atoms with Crippen molar-refractivity contribution in [2.75, 3.05) is 18.5 Å². The highest BCUT2D eigenvalue weighted by molar-refractivity contribution is 6.08. The molecule has 28 heavy (non-hydrogen) atoms. The van der Waals surface area contributed by atoms with Gasteiger partial charge in [0.15, 0.2) is 6.10 Å². The van der Waals surface area contributed by atoms with Gasteiger partial charge in [0.1, 0.15) is 5.75 Å². The van der Waals surface area contributed by atoms with Crippen molar-refractivity contribution in [3.63, 3.8) is 0 Å².